The predicted molar refractivity (Wildman–Crippen MR) is 227 cm³/mol. The molecule has 56 heavy (non-hydrogen) atoms. The Morgan fingerprint density at radius 3 is 1.96 bits per heavy atom. The molecule has 0 N–H and O–H groups in total. The van der Waals surface area contributed by atoms with Crippen LogP contribution in [0.25, 0.3) is 94.5 Å². The Bertz CT molecular complexity index is 3190. The highest BCUT2D eigenvalue weighted by Gasteiger charge is 2.17. The fraction of sp³-hybridized carbons (Fsp3) is 0.0196. The molecule has 0 spiro atoms. The smallest absolute Gasteiger partial charge is 0.136 e. The summed E-state index contributed by atoms with van der Waals surface area (Å²) in [4.78, 5) is 5.06. The summed E-state index contributed by atoms with van der Waals surface area (Å²) in [6.45, 7) is 0.610. The molecule has 8 aromatic carbocycles. The average molecular weight is 719 g/mol. The van der Waals surface area contributed by atoms with Crippen LogP contribution >= 0.6 is 0 Å². The van der Waals surface area contributed by atoms with Crippen LogP contribution in [0.3, 0.4) is 0 Å². The molecule has 5 heteroatoms. The quantitative estimate of drug-likeness (QED) is 0.154. The van der Waals surface area contributed by atoms with E-state index in [0.717, 1.165) is 61.3 Å². The lowest BCUT2D eigenvalue weighted by Crippen LogP contribution is -2.40. The molecule has 11 rings (SSSR count). The summed E-state index contributed by atoms with van der Waals surface area (Å²) in [5.41, 5.74) is 13.0. The lowest BCUT2D eigenvalue weighted by Gasteiger charge is -2.10. The SMILES string of the molecule is c1ccc(C[n+]2[n-]c(-c3ccccc3)nc2-c2ccc3c(c2)oc2cccc(-c4ccc(-c5ccc6c7ccccc7n(-c7ccccc7)c6c5)cc4)c23)cc1. The van der Waals surface area contributed by atoms with Crippen LogP contribution in [0.1, 0.15) is 5.56 Å². The van der Waals surface area contributed by atoms with E-state index < -0.39 is 0 Å². The van der Waals surface area contributed by atoms with Crippen LogP contribution in [0.15, 0.2) is 199 Å². The zero-order valence-electron chi connectivity index (χ0n) is 30.4. The fourth-order valence-electron chi connectivity index (χ4n) is 8.18. The van der Waals surface area contributed by atoms with Gasteiger partial charge in [-0.05, 0) is 81.7 Å². The molecular weight excluding hydrogens is 685 g/mol. The Kier molecular flexibility index (Phi) is 7.49. The third kappa shape index (κ3) is 5.40. The van der Waals surface area contributed by atoms with Crippen molar-refractivity contribution < 1.29 is 9.10 Å². The van der Waals surface area contributed by atoms with Gasteiger partial charge in [0.25, 0.3) is 0 Å². The Labute approximate surface area is 323 Å². The second-order valence-electron chi connectivity index (χ2n) is 14.3. The van der Waals surface area contributed by atoms with Gasteiger partial charge in [0.15, 0.2) is 0 Å². The lowest BCUT2D eigenvalue weighted by atomic mass is 9.96. The third-order valence-corrected chi connectivity index (χ3v) is 10.9. The summed E-state index contributed by atoms with van der Waals surface area (Å²) < 4.78 is 10.9. The van der Waals surface area contributed by atoms with Gasteiger partial charge in [-0.3, -0.25) is 9.78 Å². The van der Waals surface area contributed by atoms with Crippen LogP contribution in [-0.2, 0) is 6.54 Å². The van der Waals surface area contributed by atoms with E-state index in [1.165, 1.54) is 32.9 Å². The number of para-hydroxylation sites is 2. The summed E-state index contributed by atoms with van der Waals surface area (Å²) in [5.74, 6) is 1.50. The van der Waals surface area contributed by atoms with Gasteiger partial charge in [-0.25, -0.2) is 0 Å². The minimum Gasteiger partial charge on any atom is -0.456 e. The Morgan fingerprint density at radius 2 is 1.14 bits per heavy atom. The van der Waals surface area contributed by atoms with Crippen molar-refractivity contribution in [3.63, 3.8) is 0 Å². The molecule has 0 bridgehead atoms. The highest BCUT2D eigenvalue weighted by Crippen LogP contribution is 2.39. The molecule has 0 saturated heterocycles. The third-order valence-electron chi connectivity index (χ3n) is 10.9. The van der Waals surface area contributed by atoms with Gasteiger partial charge in [-0.15, -0.1) is 0 Å². The van der Waals surface area contributed by atoms with Gasteiger partial charge < -0.3 is 14.0 Å². The van der Waals surface area contributed by atoms with E-state index in [1.54, 1.807) is 0 Å². The first-order valence-electron chi connectivity index (χ1n) is 18.9. The Morgan fingerprint density at radius 1 is 0.482 bits per heavy atom. The monoisotopic (exact) mass is 718 g/mol. The number of nitrogens with zero attached hydrogens (tertiary/aromatic N) is 4. The van der Waals surface area contributed by atoms with E-state index in [2.05, 4.69) is 162 Å². The first-order chi connectivity index (χ1) is 27.7. The number of benzene rings is 8. The molecule has 3 heterocycles. The molecule has 0 radical (unpaired) electrons. The van der Waals surface area contributed by atoms with Gasteiger partial charge in [0.05, 0.1) is 11.0 Å². The second-order valence-corrected chi connectivity index (χ2v) is 14.3. The topological polar surface area (TPSA) is 48.9 Å². The van der Waals surface area contributed by atoms with E-state index in [0.29, 0.717) is 12.4 Å². The number of aromatic nitrogens is 4. The van der Waals surface area contributed by atoms with Crippen LogP contribution in [0.2, 0.25) is 0 Å². The van der Waals surface area contributed by atoms with E-state index in [-0.39, 0.29) is 0 Å². The van der Waals surface area contributed by atoms with Crippen LogP contribution < -0.4 is 9.78 Å². The normalized spacial score (nSPS) is 11.6. The molecule has 264 valence electrons. The van der Waals surface area contributed by atoms with Crippen LogP contribution in [0, 0.1) is 0 Å². The van der Waals surface area contributed by atoms with Gasteiger partial charge in [0.2, 0.25) is 0 Å². The van der Waals surface area contributed by atoms with Crippen molar-refractivity contribution in [1.29, 1.82) is 0 Å². The summed E-state index contributed by atoms with van der Waals surface area (Å²) in [5, 5.41) is 9.65. The molecule has 0 aliphatic carbocycles. The number of hydrogen-bond donors (Lipinski definition) is 0. The molecular formula is C51H34N4O. The first-order valence-corrected chi connectivity index (χ1v) is 18.9. The minimum atomic E-state index is 0.610. The predicted octanol–water partition coefficient (Wildman–Crippen LogP) is 12.0. The summed E-state index contributed by atoms with van der Waals surface area (Å²) in [7, 11) is 0. The van der Waals surface area contributed by atoms with E-state index >= 15 is 0 Å². The first kappa shape index (κ1) is 32.0. The number of furan rings is 1. The van der Waals surface area contributed by atoms with E-state index in [1.807, 2.05) is 41.1 Å². The second kappa shape index (κ2) is 13.1. The number of rotatable bonds is 7. The zero-order valence-corrected chi connectivity index (χ0v) is 30.4. The van der Waals surface area contributed by atoms with Gasteiger partial charge in [-0.1, -0.05) is 152 Å². The molecule has 11 aromatic rings. The molecule has 0 atom stereocenters. The van der Waals surface area contributed by atoms with Crippen LogP contribution in [0.5, 0.6) is 0 Å². The van der Waals surface area contributed by atoms with Crippen molar-refractivity contribution in [3.05, 3.63) is 200 Å². The minimum absolute atomic E-state index is 0.610. The number of fused-ring (bicyclic) bond motifs is 6. The molecule has 0 unspecified atom stereocenters. The standard InChI is InChI=1S/C51H34N4O/c1-4-13-34(14-5-1)33-54-51(52-50(53-54)37-15-6-2-7-16-37)39-28-30-44-48(32-39)56-47-22-12-20-41(49(44)47)36-25-23-35(24-26-36)38-27-29-43-42-19-10-11-21-45(42)55(46(43)31-38)40-17-8-3-9-18-40/h1-32H,33H2. The maximum atomic E-state index is 6.57. The van der Waals surface area contributed by atoms with Gasteiger partial charge in [0.1, 0.15) is 23.5 Å². The maximum Gasteiger partial charge on any atom is 0.136 e. The van der Waals surface area contributed by atoms with Crippen molar-refractivity contribution in [2.45, 2.75) is 6.54 Å². The molecule has 5 nitrogen and oxygen atoms in total. The Hall–Kier alpha value is -7.50. The summed E-state index contributed by atoms with van der Waals surface area (Å²) in [6.07, 6.45) is 0. The highest BCUT2D eigenvalue weighted by atomic mass is 16.3. The molecule has 3 aromatic heterocycles. The number of hydrogen-bond acceptors (Lipinski definition) is 2. The summed E-state index contributed by atoms with van der Waals surface area (Å²) in [6, 6.07) is 68.3. The van der Waals surface area contributed by atoms with Crippen LogP contribution in [-0.4, -0.2) is 9.55 Å². The van der Waals surface area contributed by atoms with Crippen molar-refractivity contribution in [3.8, 4) is 50.7 Å². The largest absolute Gasteiger partial charge is 0.456 e. The molecule has 0 aliphatic rings. The lowest BCUT2D eigenvalue weighted by molar-refractivity contribution is -0.737. The highest BCUT2D eigenvalue weighted by molar-refractivity contribution is 6.13. The van der Waals surface area contributed by atoms with Gasteiger partial charge in [0, 0.05) is 32.8 Å². The average Bonchev–Trinajstić information content (AvgIpc) is 3.96. The van der Waals surface area contributed by atoms with E-state index in [4.69, 9.17) is 14.5 Å². The summed E-state index contributed by atoms with van der Waals surface area (Å²) >= 11 is 0. The van der Waals surface area contributed by atoms with E-state index in [9.17, 15) is 0 Å². The van der Waals surface area contributed by atoms with Crippen molar-refractivity contribution in [2.24, 2.45) is 0 Å². The van der Waals surface area contributed by atoms with Gasteiger partial charge >= 0.3 is 0 Å². The van der Waals surface area contributed by atoms with Gasteiger partial charge in [-0.2, -0.15) is 0 Å². The zero-order chi connectivity index (χ0) is 37.0. The molecule has 0 aliphatic heterocycles. The molecule has 0 amide bonds. The van der Waals surface area contributed by atoms with Crippen molar-refractivity contribution >= 4 is 43.7 Å². The molecule has 0 saturated carbocycles. The maximum absolute atomic E-state index is 6.57. The van der Waals surface area contributed by atoms with Crippen LogP contribution in [0.4, 0.5) is 0 Å². The van der Waals surface area contributed by atoms with Crippen molar-refractivity contribution in [1.82, 2.24) is 14.6 Å². The van der Waals surface area contributed by atoms with Crippen molar-refractivity contribution in [2.75, 3.05) is 0 Å². The fourth-order valence-corrected chi connectivity index (χ4v) is 8.18. The Balaban J connectivity index is 0.970. The molecule has 0 fully saturated rings.